The van der Waals surface area contributed by atoms with Crippen molar-refractivity contribution in [3.63, 3.8) is 0 Å². The van der Waals surface area contributed by atoms with Gasteiger partial charge in [-0.3, -0.25) is 9.48 Å². The Morgan fingerprint density at radius 3 is 2.88 bits per heavy atom. The summed E-state index contributed by atoms with van der Waals surface area (Å²) in [6.07, 6.45) is 0.902. The first-order chi connectivity index (χ1) is 8.10. The van der Waals surface area contributed by atoms with Crippen LogP contribution in [0.15, 0.2) is 6.07 Å². The second-order valence-corrected chi connectivity index (χ2v) is 4.76. The monoisotopic (exact) mass is 237 g/mol. The lowest BCUT2D eigenvalue weighted by atomic mass is 10.1. The van der Waals surface area contributed by atoms with Gasteiger partial charge in [-0.25, -0.2) is 0 Å². The van der Waals surface area contributed by atoms with E-state index in [1.807, 2.05) is 24.8 Å². The predicted molar refractivity (Wildman–Crippen MR) is 63.5 cm³/mol. The standard InChI is InChI=1S/C12H19N3O2/c1-9-5-10(2)15(13-9)7-12(17)14-4-3-11(6-14)8-16/h5,11,16H,3-4,6-8H2,1-2H3. The van der Waals surface area contributed by atoms with Crippen LogP contribution in [0.5, 0.6) is 0 Å². The Kier molecular flexibility index (Phi) is 3.47. The zero-order chi connectivity index (χ0) is 12.4. The Hall–Kier alpha value is -1.36. The maximum atomic E-state index is 12.0. The van der Waals surface area contributed by atoms with Crippen molar-refractivity contribution in [2.24, 2.45) is 5.92 Å². The van der Waals surface area contributed by atoms with Gasteiger partial charge < -0.3 is 10.0 Å². The number of amides is 1. The summed E-state index contributed by atoms with van der Waals surface area (Å²) >= 11 is 0. The van der Waals surface area contributed by atoms with Crippen LogP contribution in [0.4, 0.5) is 0 Å². The van der Waals surface area contributed by atoms with Crippen LogP contribution in [0, 0.1) is 19.8 Å². The first-order valence-electron chi connectivity index (χ1n) is 6.00. The smallest absolute Gasteiger partial charge is 0.244 e. The largest absolute Gasteiger partial charge is 0.396 e. The van der Waals surface area contributed by atoms with E-state index in [9.17, 15) is 4.79 Å². The van der Waals surface area contributed by atoms with Gasteiger partial charge >= 0.3 is 0 Å². The number of aliphatic hydroxyl groups is 1. The van der Waals surface area contributed by atoms with Gasteiger partial charge in [-0.05, 0) is 26.3 Å². The number of hydrogen-bond donors (Lipinski definition) is 1. The van der Waals surface area contributed by atoms with Crippen molar-refractivity contribution < 1.29 is 9.90 Å². The molecule has 0 radical (unpaired) electrons. The minimum absolute atomic E-state index is 0.0900. The van der Waals surface area contributed by atoms with Crippen LogP contribution in [0.3, 0.4) is 0 Å². The van der Waals surface area contributed by atoms with E-state index in [1.165, 1.54) is 0 Å². The number of aromatic nitrogens is 2. The molecular weight excluding hydrogens is 218 g/mol. The molecule has 1 unspecified atom stereocenters. The summed E-state index contributed by atoms with van der Waals surface area (Å²) < 4.78 is 1.74. The van der Waals surface area contributed by atoms with E-state index in [2.05, 4.69) is 5.10 Å². The van der Waals surface area contributed by atoms with E-state index in [-0.39, 0.29) is 18.4 Å². The third kappa shape index (κ3) is 2.66. The average Bonchev–Trinajstić information content (AvgIpc) is 2.86. The van der Waals surface area contributed by atoms with Crippen LogP contribution in [-0.2, 0) is 11.3 Å². The number of aryl methyl sites for hydroxylation is 2. The van der Waals surface area contributed by atoms with Crippen LogP contribution in [-0.4, -0.2) is 45.4 Å². The minimum Gasteiger partial charge on any atom is -0.396 e. The average molecular weight is 237 g/mol. The SMILES string of the molecule is Cc1cc(C)n(CC(=O)N2CCC(CO)C2)n1. The lowest BCUT2D eigenvalue weighted by molar-refractivity contribution is -0.131. The number of nitrogens with zero attached hydrogens (tertiary/aromatic N) is 3. The van der Waals surface area contributed by atoms with Crippen molar-refractivity contribution in [3.8, 4) is 0 Å². The van der Waals surface area contributed by atoms with E-state index in [0.717, 1.165) is 24.4 Å². The number of rotatable bonds is 3. The maximum Gasteiger partial charge on any atom is 0.244 e. The van der Waals surface area contributed by atoms with Gasteiger partial charge in [0.15, 0.2) is 0 Å². The van der Waals surface area contributed by atoms with Crippen molar-refractivity contribution >= 4 is 5.91 Å². The van der Waals surface area contributed by atoms with Crippen LogP contribution in [0.1, 0.15) is 17.8 Å². The normalized spacial score (nSPS) is 19.9. The number of carbonyl (C=O) groups is 1. The molecule has 1 aromatic heterocycles. The first kappa shape index (κ1) is 12.1. The molecule has 1 aliphatic rings. The molecule has 0 saturated carbocycles. The molecule has 0 aromatic carbocycles. The van der Waals surface area contributed by atoms with Crippen molar-refractivity contribution in [1.82, 2.24) is 14.7 Å². The van der Waals surface area contributed by atoms with Gasteiger partial charge in [0.1, 0.15) is 6.54 Å². The number of aliphatic hydroxyl groups excluding tert-OH is 1. The summed E-state index contributed by atoms with van der Waals surface area (Å²) in [7, 11) is 0. The Bertz CT molecular complexity index is 414. The molecule has 1 aliphatic heterocycles. The predicted octanol–water partition coefficient (Wildman–Crippen LogP) is 0.341. The first-order valence-corrected chi connectivity index (χ1v) is 6.00. The molecule has 1 amide bonds. The van der Waals surface area contributed by atoms with Gasteiger partial charge in [0.05, 0.1) is 5.69 Å². The van der Waals surface area contributed by atoms with E-state index >= 15 is 0 Å². The molecule has 5 nitrogen and oxygen atoms in total. The summed E-state index contributed by atoms with van der Waals surface area (Å²) in [6.45, 7) is 5.78. The second-order valence-electron chi connectivity index (χ2n) is 4.76. The third-order valence-electron chi connectivity index (χ3n) is 3.29. The van der Waals surface area contributed by atoms with Crippen molar-refractivity contribution in [2.45, 2.75) is 26.8 Å². The zero-order valence-electron chi connectivity index (χ0n) is 10.4. The van der Waals surface area contributed by atoms with Gasteiger partial charge in [0.25, 0.3) is 0 Å². The molecule has 1 N–H and O–H groups in total. The molecule has 94 valence electrons. The zero-order valence-corrected chi connectivity index (χ0v) is 10.4. The van der Waals surface area contributed by atoms with E-state index in [0.29, 0.717) is 13.1 Å². The molecule has 5 heteroatoms. The second kappa shape index (κ2) is 4.87. The lowest BCUT2D eigenvalue weighted by Crippen LogP contribution is -2.32. The molecule has 0 aliphatic carbocycles. The van der Waals surface area contributed by atoms with Crippen molar-refractivity contribution in [1.29, 1.82) is 0 Å². The molecule has 0 spiro atoms. The van der Waals surface area contributed by atoms with Crippen LogP contribution in [0.25, 0.3) is 0 Å². The van der Waals surface area contributed by atoms with Gasteiger partial charge in [-0.1, -0.05) is 0 Å². The van der Waals surface area contributed by atoms with E-state index in [1.54, 1.807) is 4.68 Å². The van der Waals surface area contributed by atoms with Crippen LogP contribution < -0.4 is 0 Å². The molecule has 1 fully saturated rings. The van der Waals surface area contributed by atoms with E-state index < -0.39 is 0 Å². The fraction of sp³-hybridized carbons (Fsp3) is 0.667. The summed E-state index contributed by atoms with van der Waals surface area (Å²) in [5.74, 6) is 0.339. The fourth-order valence-corrected chi connectivity index (χ4v) is 2.27. The summed E-state index contributed by atoms with van der Waals surface area (Å²) in [5, 5.41) is 13.3. The number of hydrogen-bond acceptors (Lipinski definition) is 3. The van der Waals surface area contributed by atoms with Crippen molar-refractivity contribution in [2.75, 3.05) is 19.7 Å². The molecule has 2 heterocycles. The van der Waals surface area contributed by atoms with Gasteiger partial charge in [-0.15, -0.1) is 0 Å². The van der Waals surface area contributed by atoms with Crippen LogP contribution in [0.2, 0.25) is 0 Å². The molecular formula is C12H19N3O2. The Labute approximate surface area is 101 Å². The van der Waals surface area contributed by atoms with Gasteiger partial charge in [-0.2, -0.15) is 5.10 Å². The highest BCUT2D eigenvalue weighted by molar-refractivity contribution is 5.76. The highest BCUT2D eigenvalue weighted by Crippen LogP contribution is 2.16. The summed E-state index contributed by atoms with van der Waals surface area (Å²) in [5.41, 5.74) is 1.94. The maximum absolute atomic E-state index is 12.0. The fourth-order valence-electron chi connectivity index (χ4n) is 2.27. The molecule has 17 heavy (non-hydrogen) atoms. The molecule has 2 rings (SSSR count). The third-order valence-corrected chi connectivity index (χ3v) is 3.29. The van der Waals surface area contributed by atoms with Crippen molar-refractivity contribution in [3.05, 3.63) is 17.5 Å². The Morgan fingerprint density at radius 1 is 1.59 bits per heavy atom. The van der Waals surface area contributed by atoms with Gasteiger partial charge in [0.2, 0.25) is 5.91 Å². The van der Waals surface area contributed by atoms with Gasteiger partial charge in [0, 0.05) is 31.3 Å². The highest BCUT2D eigenvalue weighted by atomic mass is 16.3. The van der Waals surface area contributed by atoms with E-state index in [4.69, 9.17) is 5.11 Å². The van der Waals surface area contributed by atoms with Crippen LogP contribution >= 0.6 is 0 Å². The molecule has 1 aromatic rings. The quantitative estimate of drug-likeness (QED) is 0.824. The summed E-state index contributed by atoms with van der Waals surface area (Å²) in [4.78, 5) is 13.8. The molecule has 1 saturated heterocycles. The number of likely N-dealkylation sites (tertiary alicyclic amines) is 1. The molecule has 0 bridgehead atoms. The topological polar surface area (TPSA) is 58.4 Å². The minimum atomic E-state index is 0.0900. The Morgan fingerprint density at radius 2 is 2.35 bits per heavy atom. The lowest BCUT2D eigenvalue weighted by Gasteiger charge is -2.16. The Balaban J connectivity index is 1.96. The molecule has 1 atom stereocenters. The highest BCUT2D eigenvalue weighted by Gasteiger charge is 2.25. The summed E-state index contributed by atoms with van der Waals surface area (Å²) in [6, 6.07) is 1.97. The number of carbonyl (C=O) groups excluding carboxylic acids is 1.